The summed E-state index contributed by atoms with van der Waals surface area (Å²) in [6.07, 6.45) is 5.97. The van der Waals surface area contributed by atoms with Gasteiger partial charge in [-0.15, -0.1) is 0 Å². The minimum atomic E-state index is 0.696. The van der Waals surface area contributed by atoms with Crippen LogP contribution in [0.2, 0.25) is 0 Å². The molecule has 2 saturated carbocycles. The Bertz CT molecular complexity index is 172. The molecule has 1 nitrogen and oxygen atoms in total. The number of piperidine rings is 1. The van der Waals surface area contributed by atoms with Crippen LogP contribution in [0, 0.1) is 5.92 Å². The molecule has 2 aliphatic carbocycles. The molecule has 1 heteroatoms. The van der Waals surface area contributed by atoms with E-state index in [1.165, 1.54) is 32.2 Å². The highest BCUT2D eigenvalue weighted by atomic mass is 15.3. The van der Waals surface area contributed by atoms with Crippen LogP contribution in [0.25, 0.3) is 0 Å². The van der Waals surface area contributed by atoms with E-state index in [0.29, 0.717) is 5.54 Å². The Balaban J connectivity index is 1.84. The Hall–Kier alpha value is -0.0400. The minimum absolute atomic E-state index is 0.696. The minimum Gasteiger partial charge on any atom is -0.295 e. The maximum atomic E-state index is 2.78. The number of hydrogen-bond donors (Lipinski definition) is 0. The van der Waals surface area contributed by atoms with Crippen molar-refractivity contribution in [1.29, 1.82) is 0 Å². The first-order valence-corrected chi connectivity index (χ1v) is 4.57. The average molecular weight is 137 g/mol. The van der Waals surface area contributed by atoms with E-state index < -0.39 is 0 Å². The Morgan fingerprint density at radius 1 is 1.30 bits per heavy atom. The van der Waals surface area contributed by atoms with Gasteiger partial charge in [0.25, 0.3) is 0 Å². The van der Waals surface area contributed by atoms with Gasteiger partial charge < -0.3 is 0 Å². The molecule has 1 heterocycles. The van der Waals surface area contributed by atoms with Gasteiger partial charge in [-0.05, 0) is 45.1 Å². The van der Waals surface area contributed by atoms with Crippen molar-refractivity contribution in [3.05, 3.63) is 0 Å². The molecule has 3 aliphatic rings. The Labute approximate surface area is 62.4 Å². The van der Waals surface area contributed by atoms with Crippen molar-refractivity contribution in [3.63, 3.8) is 0 Å². The Kier molecular flexibility index (Phi) is 0.797. The van der Waals surface area contributed by atoms with Gasteiger partial charge in [-0.2, -0.15) is 0 Å². The first kappa shape index (κ1) is 5.59. The topological polar surface area (TPSA) is 3.24 Å². The molecule has 10 heavy (non-hydrogen) atoms. The predicted molar refractivity (Wildman–Crippen MR) is 40.9 cm³/mol. The van der Waals surface area contributed by atoms with Gasteiger partial charge in [0.1, 0.15) is 0 Å². The normalized spacial score (nSPS) is 53.1. The molecule has 0 bridgehead atoms. The van der Waals surface area contributed by atoms with Crippen molar-refractivity contribution in [2.75, 3.05) is 6.54 Å². The lowest BCUT2D eigenvalue weighted by Gasteiger charge is -2.24. The van der Waals surface area contributed by atoms with Crippen LogP contribution in [0.4, 0.5) is 0 Å². The first-order chi connectivity index (χ1) is 4.81. The van der Waals surface area contributed by atoms with Crippen molar-refractivity contribution in [1.82, 2.24) is 4.90 Å². The third-order valence-corrected chi connectivity index (χ3v) is 3.74. The largest absolute Gasteiger partial charge is 0.295 e. The van der Waals surface area contributed by atoms with Crippen LogP contribution in [-0.2, 0) is 0 Å². The number of fused-ring (bicyclic) bond motifs is 1. The third-order valence-electron chi connectivity index (χ3n) is 3.74. The van der Waals surface area contributed by atoms with Gasteiger partial charge in [0.05, 0.1) is 0 Å². The summed E-state index contributed by atoms with van der Waals surface area (Å²) in [5.74, 6) is 1.09. The molecule has 0 N–H and O–H groups in total. The van der Waals surface area contributed by atoms with Crippen molar-refractivity contribution in [2.24, 2.45) is 5.92 Å². The van der Waals surface area contributed by atoms with E-state index in [1.54, 1.807) is 0 Å². The monoisotopic (exact) mass is 137 g/mol. The number of nitrogens with zero attached hydrogens (tertiary/aromatic N) is 1. The molecule has 56 valence electrons. The standard InChI is InChI=1S/C9H15N/c1-9-6-7(9)4-5-10(9)8-2-3-8/h7-8H,2-6H2,1H3. The second-order valence-electron chi connectivity index (χ2n) is 4.47. The van der Waals surface area contributed by atoms with Gasteiger partial charge in [0.2, 0.25) is 0 Å². The second kappa shape index (κ2) is 1.42. The van der Waals surface area contributed by atoms with E-state index in [-0.39, 0.29) is 0 Å². The van der Waals surface area contributed by atoms with Crippen LogP contribution >= 0.6 is 0 Å². The summed E-state index contributed by atoms with van der Waals surface area (Å²) in [4.78, 5) is 2.78. The van der Waals surface area contributed by atoms with Crippen molar-refractivity contribution >= 4 is 0 Å². The molecule has 0 spiro atoms. The van der Waals surface area contributed by atoms with Gasteiger partial charge in [-0.3, -0.25) is 4.90 Å². The van der Waals surface area contributed by atoms with E-state index in [0.717, 1.165) is 12.0 Å². The zero-order valence-electron chi connectivity index (χ0n) is 6.64. The highest BCUT2D eigenvalue weighted by molar-refractivity contribution is 5.15. The molecule has 1 aliphatic heterocycles. The molecule has 0 radical (unpaired) electrons. The van der Waals surface area contributed by atoms with Crippen molar-refractivity contribution < 1.29 is 0 Å². The molecule has 0 amide bonds. The maximum Gasteiger partial charge on any atom is 0.0217 e. The highest BCUT2D eigenvalue weighted by Crippen LogP contribution is 2.58. The summed E-state index contributed by atoms with van der Waals surface area (Å²) in [5, 5.41) is 0. The smallest absolute Gasteiger partial charge is 0.0217 e. The van der Waals surface area contributed by atoms with Gasteiger partial charge in [-0.1, -0.05) is 0 Å². The lowest BCUT2D eigenvalue weighted by atomic mass is 10.2. The van der Waals surface area contributed by atoms with Crippen LogP contribution in [0.3, 0.4) is 0 Å². The van der Waals surface area contributed by atoms with E-state index >= 15 is 0 Å². The molecule has 0 aromatic carbocycles. The zero-order valence-corrected chi connectivity index (χ0v) is 6.64. The van der Waals surface area contributed by atoms with Gasteiger partial charge in [0.15, 0.2) is 0 Å². The SMILES string of the molecule is CC12CC1CCN2C1CC1. The molecular formula is C9H15N. The molecule has 0 aromatic heterocycles. The molecule has 1 saturated heterocycles. The average Bonchev–Trinajstić information content (AvgIpc) is 2.76. The van der Waals surface area contributed by atoms with Crippen molar-refractivity contribution in [3.8, 4) is 0 Å². The van der Waals surface area contributed by atoms with Crippen LogP contribution in [-0.4, -0.2) is 23.0 Å². The third kappa shape index (κ3) is 0.531. The van der Waals surface area contributed by atoms with E-state index in [2.05, 4.69) is 11.8 Å². The molecule has 2 atom stereocenters. The molecular weight excluding hydrogens is 122 g/mol. The quantitative estimate of drug-likeness (QED) is 0.531. The van der Waals surface area contributed by atoms with Crippen molar-refractivity contribution in [2.45, 2.75) is 44.2 Å². The van der Waals surface area contributed by atoms with Gasteiger partial charge in [-0.25, -0.2) is 0 Å². The fourth-order valence-electron chi connectivity index (χ4n) is 2.74. The summed E-state index contributed by atoms with van der Waals surface area (Å²) in [7, 11) is 0. The molecule has 2 unspecified atom stereocenters. The number of likely N-dealkylation sites (tertiary alicyclic amines) is 1. The summed E-state index contributed by atoms with van der Waals surface area (Å²) >= 11 is 0. The lowest BCUT2D eigenvalue weighted by Crippen LogP contribution is -2.33. The first-order valence-electron chi connectivity index (χ1n) is 4.57. The summed E-state index contributed by atoms with van der Waals surface area (Å²) in [6, 6.07) is 1.01. The molecule has 3 rings (SSSR count). The maximum absolute atomic E-state index is 2.78. The molecule has 0 aromatic rings. The number of rotatable bonds is 1. The van der Waals surface area contributed by atoms with E-state index in [4.69, 9.17) is 0 Å². The fraction of sp³-hybridized carbons (Fsp3) is 1.00. The van der Waals surface area contributed by atoms with Gasteiger partial charge in [0, 0.05) is 11.6 Å². The summed E-state index contributed by atoms with van der Waals surface area (Å²) in [5.41, 5.74) is 0.696. The van der Waals surface area contributed by atoms with E-state index in [9.17, 15) is 0 Å². The fourth-order valence-corrected chi connectivity index (χ4v) is 2.74. The molecule has 3 fully saturated rings. The Morgan fingerprint density at radius 2 is 2.10 bits per heavy atom. The van der Waals surface area contributed by atoms with Crippen LogP contribution in [0.15, 0.2) is 0 Å². The van der Waals surface area contributed by atoms with E-state index in [1.807, 2.05) is 0 Å². The lowest BCUT2D eigenvalue weighted by molar-refractivity contribution is 0.215. The van der Waals surface area contributed by atoms with Crippen LogP contribution in [0.1, 0.15) is 32.6 Å². The van der Waals surface area contributed by atoms with Gasteiger partial charge >= 0.3 is 0 Å². The second-order valence-corrected chi connectivity index (χ2v) is 4.47. The Morgan fingerprint density at radius 3 is 2.50 bits per heavy atom. The predicted octanol–water partition coefficient (Wildman–Crippen LogP) is 1.63. The summed E-state index contributed by atoms with van der Waals surface area (Å²) < 4.78 is 0. The van der Waals surface area contributed by atoms with Crippen LogP contribution < -0.4 is 0 Å². The highest BCUT2D eigenvalue weighted by Gasteiger charge is 2.60. The summed E-state index contributed by atoms with van der Waals surface area (Å²) in [6.45, 7) is 3.87. The number of hydrogen-bond acceptors (Lipinski definition) is 1. The zero-order chi connectivity index (χ0) is 6.77. The van der Waals surface area contributed by atoms with Crippen LogP contribution in [0.5, 0.6) is 0 Å².